The highest BCUT2D eigenvalue weighted by atomic mass is 32.2. The number of aromatic nitrogens is 5. The van der Waals surface area contributed by atoms with Crippen LogP contribution in [0.3, 0.4) is 0 Å². The summed E-state index contributed by atoms with van der Waals surface area (Å²) in [7, 11) is -0.309. The maximum absolute atomic E-state index is 13.5. The summed E-state index contributed by atoms with van der Waals surface area (Å²) in [4.78, 5) is 11.9. The second-order valence-corrected chi connectivity index (χ2v) is 12.6. The minimum atomic E-state index is -3.78. The summed E-state index contributed by atoms with van der Waals surface area (Å²) in [5.41, 5.74) is 1.94. The summed E-state index contributed by atoms with van der Waals surface area (Å²) in [6, 6.07) is 3.48. The van der Waals surface area contributed by atoms with Crippen LogP contribution < -0.4 is 14.9 Å². The van der Waals surface area contributed by atoms with Gasteiger partial charge in [-0.3, -0.25) is 4.68 Å². The van der Waals surface area contributed by atoms with Gasteiger partial charge in [0.1, 0.15) is 17.2 Å². The minimum absolute atomic E-state index is 0.0694. The van der Waals surface area contributed by atoms with Crippen LogP contribution in [0.1, 0.15) is 39.4 Å². The molecule has 3 heterocycles. The number of rotatable bonds is 7. The average Bonchev–Trinajstić information content (AvgIpc) is 3.32. The number of sulfonamides is 1. The van der Waals surface area contributed by atoms with Gasteiger partial charge in [-0.05, 0) is 52.7 Å². The van der Waals surface area contributed by atoms with Crippen LogP contribution in [-0.2, 0) is 21.8 Å². The molecule has 3 aromatic rings. The molecule has 1 aromatic carbocycles. The molecule has 1 aliphatic carbocycles. The summed E-state index contributed by atoms with van der Waals surface area (Å²) >= 11 is 0. The Labute approximate surface area is 211 Å². The lowest BCUT2D eigenvalue weighted by atomic mass is 9.97. The van der Waals surface area contributed by atoms with Gasteiger partial charge in [0.05, 0.1) is 28.9 Å². The Morgan fingerprint density at radius 3 is 2.61 bits per heavy atom. The van der Waals surface area contributed by atoms with Gasteiger partial charge in [-0.15, -0.1) is 5.10 Å². The third-order valence-electron chi connectivity index (χ3n) is 6.73. The summed E-state index contributed by atoms with van der Waals surface area (Å²) in [5, 5.41) is 12.6. The molecule has 0 amide bonds. The quantitative estimate of drug-likeness (QED) is 0.485. The number of fused-ring (bicyclic) bond motifs is 1. The van der Waals surface area contributed by atoms with Gasteiger partial charge in [-0.2, -0.15) is 0 Å². The van der Waals surface area contributed by atoms with Gasteiger partial charge in [0.2, 0.25) is 10.0 Å². The molecule has 0 unspecified atom stereocenters. The number of hydrogen-bond donors (Lipinski definition) is 2. The Kier molecular flexibility index (Phi) is 6.05. The fourth-order valence-electron chi connectivity index (χ4n) is 4.95. The van der Waals surface area contributed by atoms with E-state index in [9.17, 15) is 8.42 Å². The summed E-state index contributed by atoms with van der Waals surface area (Å²) in [6.45, 7) is 9.87. The van der Waals surface area contributed by atoms with E-state index < -0.39 is 15.6 Å². The van der Waals surface area contributed by atoms with Crippen molar-refractivity contribution in [3.05, 3.63) is 24.2 Å². The minimum Gasteiger partial charge on any atom is -0.383 e. The lowest BCUT2D eigenvalue weighted by molar-refractivity contribution is 0.140. The number of anilines is 1. The molecule has 1 saturated heterocycles. The van der Waals surface area contributed by atoms with Crippen molar-refractivity contribution >= 4 is 26.6 Å². The lowest BCUT2D eigenvalue weighted by Gasteiger charge is -2.45. The second kappa shape index (κ2) is 8.72. The largest absolute Gasteiger partial charge is 0.383 e. The standard InChI is InChI=1S/C24H34N8O3S/c1-15-25-21(19-12-31(5)30-28-19)18-9-17(36(33,34)29-24(4)7-8-24)10-20(22(18)26-15)32-11-16(13-35-6)27-23(2,3)14-32/h9-10,12,16,27,29H,7-8,11,13-14H2,1-6H3/t16-/m0/s1. The number of benzene rings is 1. The number of nitrogens with one attached hydrogen (secondary N) is 2. The smallest absolute Gasteiger partial charge is 0.241 e. The van der Waals surface area contributed by atoms with Gasteiger partial charge in [0, 0.05) is 49.8 Å². The van der Waals surface area contributed by atoms with E-state index in [-0.39, 0.29) is 16.5 Å². The molecule has 0 spiro atoms. The molecule has 1 saturated carbocycles. The van der Waals surface area contributed by atoms with Crippen molar-refractivity contribution < 1.29 is 13.2 Å². The van der Waals surface area contributed by atoms with Crippen LogP contribution in [0.15, 0.2) is 23.2 Å². The molecule has 0 bridgehead atoms. The summed E-state index contributed by atoms with van der Waals surface area (Å²) in [5.74, 6) is 0.575. The molecule has 2 aliphatic rings. The Bertz CT molecular complexity index is 1410. The molecule has 1 aliphatic heterocycles. The van der Waals surface area contributed by atoms with E-state index in [4.69, 9.17) is 9.72 Å². The molecule has 11 nitrogen and oxygen atoms in total. The van der Waals surface area contributed by atoms with Crippen molar-refractivity contribution in [2.45, 2.75) is 62.6 Å². The molecule has 194 valence electrons. The predicted molar refractivity (Wildman–Crippen MR) is 137 cm³/mol. The van der Waals surface area contributed by atoms with Crippen LogP contribution in [0.2, 0.25) is 0 Å². The topological polar surface area (TPSA) is 127 Å². The highest BCUT2D eigenvalue weighted by Crippen LogP contribution is 2.39. The Balaban J connectivity index is 1.73. The Hall–Kier alpha value is -2.67. The molecule has 5 rings (SSSR count). The summed E-state index contributed by atoms with van der Waals surface area (Å²) < 4.78 is 37.0. The van der Waals surface area contributed by atoms with Gasteiger partial charge in [0.15, 0.2) is 0 Å². The van der Waals surface area contributed by atoms with Crippen LogP contribution in [0.5, 0.6) is 0 Å². The van der Waals surface area contributed by atoms with Crippen molar-refractivity contribution in [3.63, 3.8) is 0 Å². The zero-order valence-corrected chi connectivity index (χ0v) is 22.5. The zero-order valence-electron chi connectivity index (χ0n) is 21.7. The number of methoxy groups -OCH3 is 1. The number of nitrogens with zero attached hydrogens (tertiary/aromatic N) is 6. The summed E-state index contributed by atoms with van der Waals surface area (Å²) in [6.07, 6.45) is 3.42. The van der Waals surface area contributed by atoms with Crippen molar-refractivity contribution in [1.82, 2.24) is 35.0 Å². The molecule has 0 radical (unpaired) electrons. The van der Waals surface area contributed by atoms with Crippen LogP contribution in [-0.4, -0.2) is 77.3 Å². The molecular formula is C24H34N8O3S. The first-order chi connectivity index (χ1) is 16.9. The normalized spacial score (nSPS) is 21.2. The van der Waals surface area contributed by atoms with Gasteiger partial charge in [0.25, 0.3) is 0 Å². The first-order valence-corrected chi connectivity index (χ1v) is 13.6. The molecule has 36 heavy (non-hydrogen) atoms. The Morgan fingerprint density at radius 2 is 1.97 bits per heavy atom. The second-order valence-electron chi connectivity index (χ2n) is 11.0. The van der Waals surface area contributed by atoms with E-state index in [1.807, 2.05) is 13.8 Å². The van der Waals surface area contributed by atoms with Gasteiger partial charge in [-0.1, -0.05) is 5.21 Å². The number of ether oxygens (including phenoxy) is 1. The van der Waals surface area contributed by atoms with Gasteiger partial charge >= 0.3 is 0 Å². The SMILES string of the molecule is COC[C@@H]1CN(c2cc(S(=O)(=O)NC3(C)CC3)cc3c(-c4cn(C)nn4)nc(C)nc23)CC(C)(C)N1. The van der Waals surface area contributed by atoms with Gasteiger partial charge < -0.3 is 15.0 Å². The van der Waals surface area contributed by atoms with E-state index in [1.165, 1.54) is 0 Å². The molecule has 2 N–H and O–H groups in total. The van der Waals surface area contributed by atoms with Gasteiger partial charge in [-0.25, -0.2) is 23.1 Å². The Morgan fingerprint density at radius 1 is 1.22 bits per heavy atom. The molecule has 2 fully saturated rings. The third kappa shape index (κ3) is 4.95. The van der Waals surface area contributed by atoms with E-state index in [2.05, 4.69) is 44.1 Å². The maximum Gasteiger partial charge on any atom is 0.241 e. The fourth-order valence-corrected chi connectivity index (χ4v) is 6.46. The first kappa shape index (κ1) is 25.0. The van der Waals surface area contributed by atoms with Crippen LogP contribution in [0.4, 0.5) is 5.69 Å². The molecule has 12 heteroatoms. The first-order valence-electron chi connectivity index (χ1n) is 12.1. The van der Waals surface area contributed by atoms with E-state index in [1.54, 1.807) is 37.2 Å². The fraction of sp³-hybridized carbons (Fsp3) is 0.583. The number of hydrogen-bond acceptors (Lipinski definition) is 9. The predicted octanol–water partition coefficient (Wildman–Crippen LogP) is 1.77. The third-order valence-corrected chi connectivity index (χ3v) is 8.35. The highest BCUT2D eigenvalue weighted by Gasteiger charge is 2.42. The average molecular weight is 515 g/mol. The molecule has 2 aromatic heterocycles. The lowest BCUT2D eigenvalue weighted by Crippen LogP contribution is -2.63. The molecule has 1 atom stereocenters. The van der Waals surface area contributed by atoms with Crippen molar-refractivity contribution in [2.24, 2.45) is 7.05 Å². The zero-order chi connectivity index (χ0) is 25.9. The van der Waals surface area contributed by atoms with E-state index in [0.29, 0.717) is 47.8 Å². The highest BCUT2D eigenvalue weighted by molar-refractivity contribution is 7.89. The molecular weight excluding hydrogens is 480 g/mol. The van der Waals surface area contributed by atoms with Crippen LogP contribution >= 0.6 is 0 Å². The monoisotopic (exact) mass is 514 g/mol. The van der Waals surface area contributed by atoms with Crippen LogP contribution in [0.25, 0.3) is 22.3 Å². The van der Waals surface area contributed by atoms with E-state index >= 15 is 0 Å². The van der Waals surface area contributed by atoms with Crippen LogP contribution in [0, 0.1) is 6.92 Å². The van der Waals surface area contributed by atoms with Crippen molar-refractivity contribution in [3.8, 4) is 11.4 Å². The maximum atomic E-state index is 13.5. The number of aryl methyl sites for hydroxylation is 2. The van der Waals surface area contributed by atoms with Crippen molar-refractivity contribution in [2.75, 3.05) is 31.7 Å². The number of piperazine rings is 1. The van der Waals surface area contributed by atoms with Crippen molar-refractivity contribution in [1.29, 1.82) is 0 Å². The van der Waals surface area contributed by atoms with E-state index in [0.717, 1.165) is 18.5 Å².